The zero-order chi connectivity index (χ0) is 22.1. The lowest BCUT2D eigenvalue weighted by atomic mass is 9.91. The van der Waals surface area contributed by atoms with Crippen LogP contribution in [0.4, 0.5) is 18.0 Å². The van der Waals surface area contributed by atoms with Gasteiger partial charge < -0.3 is 19.5 Å². The molecule has 6 nitrogen and oxygen atoms in total. The number of ether oxygens (including phenoxy) is 3. The molecule has 1 N–H and O–H groups in total. The average Bonchev–Trinajstić information content (AvgIpc) is 3.19. The lowest BCUT2D eigenvalue weighted by Crippen LogP contribution is -2.33. The molecule has 30 heavy (non-hydrogen) atoms. The van der Waals surface area contributed by atoms with Gasteiger partial charge in [-0.2, -0.15) is 13.2 Å². The summed E-state index contributed by atoms with van der Waals surface area (Å²) < 4.78 is 53.5. The van der Waals surface area contributed by atoms with Crippen molar-refractivity contribution in [2.24, 2.45) is 0 Å². The van der Waals surface area contributed by atoms with Gasteiger partial charge in [-0.3, -0.25) is 0 Å². The van der Waals surface area contributed by atoms with Crippen LogP contribution in [-0.4, -0.2) is 37.0 Å². The third-order valence-corrected chi connectivity index (χ3v) is 5.22. The summed E-state index contributed by atoms with van der Waals surface area (Å²) >= 11 is 0. The van der Waals surface area contributed by atoms with E-state index in [4.69, 9.17) is 14.2 Å². The highest BCUT2D eigenvalue weighted by Gasteiger charge is 2.52. The number of amides is 1. The Morgan fingerprint density at radius 1 is 1.20 bits per heavy atom. The van der Waals surface area contributed by atoms with E-state index < -0.39 is 30.4 Å². The second-order valence-corrected chi connectivity index (χ2v) is 7.55. The standard InChI is InChI=1S/C21H24F3NO5/c1-4-25-19(27)29-17-16(18(26)30-20(17)7-5-6-8-20)15-12(2)9-14(10-13(15)3)28-11-21(22,23)24/h9-10H,4-8,11H2,1-3H3,(H,25,27). The Balaban J connectivity index is 2.05. The predicted octanol–water partition coefficient (Wildman–Crippen LogP) is 4.57. The van der Waals surface area contributed by atoms with E-state index in [0.29, 0.717) is 36.1 Å². The molecule has 1 saturated carbocycles. The van der Waals surface area contributed by atoms with E-state index >= 15 is 0 Å². The van der Waals surface area contributed by atoms with Gasteiger partial charge >= 0.3 is 18.2 Å². The van der Waals surface area contributed by atoms with Gasteiger partial charge in [-0.05, 0) is 75.3 Å². The minimum Gasteiger partial charge on any atom is -0.484 e. The van der Waals surface area contributed by atoms with Crippen LogP contribution in [0.5, 0.6) is 5.75 Å². The molecule has 0 atom stereocenters. The molecule has 1 heterocycles. The van der Waals surface area contributed by atoms with Crippen LogP contribution < -0.4 is 10.1 Å². The van der Waals surface area contributed by atoms with Crippen molar-refractivity contribution >= 4 is 17.6 Å². The Labute approximate surface area is 172 Å². The third-order valence-electron chi connectivity index (χ3n) is 5.22. The smallest absolute Gasteiger partial charge is 0.422 e. The predicted molar refractivity (Wildman–Crippen MR) is 102 cm³/mol. The van der Waals surface area contributed by atoms with Crippen LogP contribution in [0, 0.1) is 13.8 Å². The molecule has 0 saturated heterocycles. The molecule has 1 aromatic rings. The molecule has 1 aromatic carbocycles. The first kappa shape index (κ1) is 22.0. The van der Waals surface area contributed by atoms with Crippen molar-refractivity contribution in [3.05, 3.63) is 34.6 Å². The highest BCUT2D eigenvalue weighted by atomic mass is 19.4. The number of aryl methyl sites for hydroxylation is 2. The Kier molecular flexibility index (Phi) is 6.01. The second kappa shape index (κ2) is 8.20. The minimum absolute atomic E-state index is 0.0415. The van der Waals surface area contributed by atoms with E-state index in [2.05, 4.69) is 5.32 Å². The van der Waals surface area contributed by atoms with Crippen LogP contribution in [0.1, 0.15) is 49.3 Å². The molecule has 1 spiro atoms. The van der Waals surface area contributed by atoms with Crippen molar-refractivity contribution < 1.29 is 37.0 Å². The van der Waals surface area contributed by atoms with E-state index in [0.717, 1.165) is 12.8 Å². The SMILES string of the molecule is CCNC(=O)OC1=C(c2c(C)cc(OCC(F)(F)F)cc2C)C(=O)OC12CCCC2. The molecule has 1 fully saturated rings. The molecule has 2 aliphatic rings. The summed E-state index contributed by atoms with van der Waals surface area (Å²) in [5.74, 6) is -0.391. The molecule has 1 aliphatic heterocycles. The van der Waals surface area contributed by atoms with Crippen molar-refractivity contribution in [1.29, 1.82) is 0 Å². The summed E-state index contributed by atoms with van der Waals surface area (Å²) in [4.78, 5) is 25.0. The topological polar surface area (TPSA) is 73.9 Å². The largest absolute Gasteiger partial charge is 0.484 e. The Morgan fingerprint density at radius 2 is 1.80 bits per heavy atom. The van der Waals surface area contributed by atoms with Crippen LogP contribution in [0.3, 0.4) is 0 Å². The summed E-state index contributed by atoms with van der Waals surface area (Å²) in [5, 5.41) is 2.55. The molecule has 1 aliphatic carbocycles. The van der Waals surface area contributed by atoms with Gasteiger partial charge in [0.2, 0.25) is 0 Å². The van der Waals surface area contributed by atoms with Crippen LogP contribution in [0.15, 0.2) is 17.9 Å². The van der Waals surface area contributed by atoms with Crippen molar-refractivity contribution in [2.75, 3.05) is 13.2 Å². The lowest BCUT2D eigenvalue weighted by molar-refractivity contribution is -0.153. The number of carbonyl (C=O) groups is 2. The fourth-order valence-corrected chi connectivity index (χ4v) is 4.07. The number of carbonyl (C=O) groups excluding carboxylic acids is 2. The van der Waals surface area contributed by atoms with Crippen LogP contribution >= 0.6 is 0 Å². The lowest BCUT2D eigenvalue weighted by Gasteiger charge is -2.24. The first-order valence-corrected chi connectivity index (χ1v) is 9.81. The summed E-state index contributed by atoms with van der Waals surface area (Å²) in [5.41, 5.74) is 0.669. The zero-order valence-corrected chi connectivity index (χ0v) is 17.1. The fraction of sp³-hybridized carbons (Fsp3) is 0.524. The van der Waals surface area contributed by atoms with Crippen molar-refractivity contribution in [3.8, 4) is 5.75 Å². The molecule has 0 radical (unpaired) electrons. The maximum atomic E-state index is 12.9. The molecular weight excluding hydrogens is 403 g/mol. The molecule has 1 amide bonds. The summed E-state index contributed by atoms with van der Waals surface area (Å²) in [6, 6.07) is 2.86. The van der Waals surface area contributed by atoms with Crippen molar-refractivity contribution in [3.63, 3.8) is 0 Å². The molecule has 0 unspecified atom stereocenters. The first-order chi connectivity index (χ1) is 14.1. The van der Waals surface area contributed by atoms with Gasteiger partial charge in [0.15, 0.2) is 18.0 Å². The number of alkyl halides is 3. The van der Waals surface area contributed by atoms with Gasteiger partial charge in [-0.1, -0.05) is 0 Å². The third kappa shape index (κ3) is 4.39. The van der Waals surface area contributed by atoms with E-state index in [-0.39, 0.29) is 17.1 Å². The number of alkyl carbamates (subject to hydrolysis) is 1. The molecular formula is C21H24F3NO5. The van der Waals surface area contributed by atoms with Gasteiger partial charge in [0.05, 0.1) is 0 Å². The second-order valence-electron chi connectivity index (χ2n) is 7.55. The van der Waals surface area contributed by atoms with Gasteiger partial charge in [0.25, 0.3) is 0 Å². The Morgan fingerprint density at radius 3 is 2.33 bits per heavy atom. The van der Waals surface area contributed by atoms with Crippen LogP contribution in [0.25, 0.3) is 5.57 Å². The average molecular weight is 427 g/mol. The van der Waals surface area contributed by atoms with Crippen LogP contribution in [0.2, 0.25) is 0 Å². The van der Waals surface area contributed by atoms with Gasteiger partial charge in [-0.15, -0.1) is 0 Å². The number of nitrogens with one attached hydrogen (secondary N) is 1. The normalized spacial score (nSPS) is 18.0. The maximum absolute atomic E-state index is 12.9. The Hall–Kier alpha value is -2.71. The molecule has 0 bridgehead atoms. The van der Waals surface area contributed by atoms with Crippen molar-refractivity contribution in [2.45, 2.75) is 58.2 Å². The number of hydrogen-bond donors (Lipinski definition) is 1. The van der Waals surface area contributed by atoms with Crippen LogP contribution in [-0.2, 0) is 14.3 Å². The van der Waals surface area contributed by atoms with E-state index in [1.54, 1.807) is 20.8 Å². The van der Waals surface area contributed by atoms with Gasteiger partial charge in [0, 0.05) is 6.54 Å². The zero-order valence-electron chi connectivity index (χ0n) is 17.1. The fourth-order valence-electron chi connectivity index (χ4n) is 4.07. The number of benzene rings is 1. The van der Waals surface area contributed by atoms with E-state index in [9.17, 15) is 22.8 Å². The van der Waals surface area contributed by atoms with E-state index in [1.807, 2.05) is 0 Å². The minimum atomic E-state index is -4.46. The number of rotatable bonds is 5. The summed E-state index contributed by atoms with van der Waals surface area (Å²) in [6.07, 6.45) is -2.41. The number of esters is 1. The number of halogens is 3. The van der Waals surface area contributed by atoms with Gasteiger partial charge in [0.1, 0.15) is 11.3 Å². The molecule has 0 aromatic heterocycles. The monoisotopic (exact) mass is 427 g/mol. The maximum Gasteiger partial charge on any atom is 0.422 e. The first-order valence-electron chi connectivity index (χ1n) is 9.81. The van der Waals surface area contributed by atoms with Crippen molar-refractivity contribution in [1.82, 2.24) is 5.32 Å². The molecule has 9 heteroatoms. The quantitative estimate of drug-likeness (QED) is 0.697. The number of hydrogen-bond acceptors (Lipinski definition) is 5. The molecule has 164 valence electrons. The Bertz CT molecular complexity index is 862. The summed E-state index contributed by atoms with van der Waals surface area (Å²) in [7, 11) is 0. The van der Waals surface area contributed by atoms with E-state index in [1.165, 1.54) is 12.1 Å². The molecule has 3 rings (SSSR count). The highest BCUT2D eigenvalue weighted by molar-refractivity contribution is 6.21. The van der Waals surface area contributed by atoms with Gasteiger partial charge in [-0.25, -0.2) is 9.59 Å². The highest BCUT2D eigenvalue weighted by Crippen LogP contribution is 2.49. The summed E-state index contributed by atoms with van der Waals surface area (Å²) in [6.45, 7) is 4.00.